The molecule has 1 amide bonds. The summed E-state index contributed by atoms with van der Waals surface area (Å²) in [7, 11) is 1.59. The minimum absolute atomic E-state index is 0.0926. The highest BCUT2D eigenvalue weighted by Gasteiger charge is 2.25. The summed E-state index contributed by atoms with van der Waals surface area (Å²) in [6.07, 6.45) is 0.777. The molecule has 7 heteroatoms. The van der Waals surface area contributed by atoms with Gasteiger partial charge in [0.1, 0.15) is 11.0 Å². The molecule has 1 aromatic heterocycles. The highest BCUT2D eigenvalue weighted by Crippen LogP contribution is 2.36. The van der Waals surface area contributed by atoms with Gasteiger partial charge in [0.2, 0.25) is 5.91 Å². The lowest BCUT2D eigenvalue weighted by Gasteiger charge is -2.19. The standard InChI is InChI=1S/C26H25N3O3S/c1-3-16-29-25(31)21-14-7-8-15-22(21)28-26(29)33-23(18-10-5-4-6-11-18)24(30)27-19-12-9-13-20(17-19)32-2/h4-15,17,23H,3,16H2,1-2H3,(H,27,30)/t23-/m0/s1. The minimum atomic E-state index is -0.603. The van der Waals surface area contributed by atoms with Gasteiger partial charge in [-0.15, -0.1) is 0 Å². The quantitative estimate of drug-likeness (QED) is 0.286. The molecular weight excluding hydrogens is 434 g/mol. The Hall–Kier alpha value is -3.58. The number of carbonyl (C=O) groups excluding carboxylic acids is 1. The van der Waals surface area contributed by atoms with Gasteiger partial charge in [0, 0.05) is 18.3 Å². The number of hydrogen-bond acceptors (Lipinski definition) is 5. The number of methoxy groups -OCH3 is 1. The number of nitrogens with zero attached hydrogens (tertiary/aromatic N) is 2. The van der Waals surface area contributed by atoms with Crippen molar-refractivity contribution in [1.82, 2.24) is 9.55 Å². The summed E-state index contributed by atoms with van der Waals surface area (Å²) in [5.41, 5.74) is 1.99. The molecule has 33 heavy (non-hydrogen) atoms. The molecule has 0 aliphatic carbocycles. The summed E-state index contributed by atoms with van der Waals surface area (Å²) < 4.78 is 6.94. The third-order valence-corrected chi connectivity index (χ3v) is 6.42. The molecule has 0 aliphatic heterocycles. The van der Waals surface area contributed by atoms with E-state index in [1.165, 1.54) is 11.8 Å². The van der Waals surface area contributed by atoms with Gasteiger partial charge in [-0.2, -0.15) is 0 Å². The first-order valence-electron chi connectivity index (χ1n) is 10.8. The minimum Gasteiger partial charge on any atom is -0.497 e. The Balaban J connectivity index is 1.74. The summed E-state index contributed by atoms with van der Waals surface area (Å²) in [5, 5.41) is 3.48. The Morgan fingerprint density at radius 3 is 2.58 bits per heavy atom. The number of carbonyl (C=O) groups is 1. The number of ether oxygens (including phenoxy) is 1. The first-order chi connectivity index (χ1) is 16.1. The third-order valence-electron chi connectivity index (χ3n) is 5.17. The third kappa shape index (κ3) is 5.09. The molecule has 168 valence electrons. The number of hydrogen-bond donors (Lipinski definition) is 1. The summed E-state index contributed by atoms with van der Waals surface area (Å²) in [6, 6.07) is 24.1. The summed E-state index contributed by atoms with van der Waals surface area (Å²) in [6.45, 7) is 2.54. The van der Waals surface area contributed by atoms with Gasteiger partial charge in [0.05, 0.1) is 18.0 Å². The van der Waals surface area contributed by atoms with Crippen molar-refractivity contribution in [2.45, 2.75) is 30.3 Å². The molecule has 4 aromatic rings. The molecule has 0 saturated heterocycles. The van der Waals surface area contributed by atoms with Crippen molar-refractivity contribution in [3.63, 3.8) is 0 Å². The van der Waals surface area contributed by atoms with Gasteiger partial charge < -0.3 is 10.1 Å². The van der Waals surface area contributed by atoms with E-state index in [2.05, 4.69) is 5.32 Å². The SMILES string of the molecule is CCCn1c(S[C@H](C(=O)Nc2cccc(OC)c2)c2ccccc2)nc2ccccc2c1=O. The van der Waals surface area contributed by atoms with Crippen LogP contribution in [0.5, 0.6) is 5.75 Å². The molecule has 0 unspecified atom stereocenters. The van der Waals surface area contributed by atoms with Gasteiger partial charge in [0.25, 0.3) is 5.56 Å². The Morgan fingerprint density at radius 2 is 1.82 bits per heavy atom. The van der Waals surface area contributed by atoms with Crippen LogP contribution in [0.25, 0.3) is 10.9 Å². The largest absolute Gasteiger partial charge is 0.497 e. The van der Waals surface area contributed by atoms with Crippen molar-refractivity contribution >= 4 is 34.3 Å². The van der Waals surface area contributed by atoms with E-state index in [4.69, 9.17) is 9.72 Å². The fourth-order valence-electron chi connectivity index (χ4n) is 3.57. The molecule has 0 spiro atoms. The Kier molecular flexibility index (Phi) is 7.10. The van der Waals surface area contributed by atoms with Crippen LogP contribution in [0.4, 0.5) is 5.69 Å². The molecule has 0 fully saturated rings. The van der Waals surface area contributed by atoms with Crippen LogP contribution in [-0.4, -0.2) is 22.6 Å². The van der Waals surface area contributed by atoms with Gasteiger partial charge in [-0.1, -0.05) is 67.2 Å². The van der Waals surface area contributed by atoms with Crippen LogP contribution < -0.4 is 15.6 Å². The zero-order chi connectivity index (χ0) is 23.2. The van der Waals surface area contributed by atoms with Crippen LogP contribution in [0.1, 0.15) is 24.2 Å². The van der Waals surface area contributed by atoms with Crippen molar-refractivity contribution < 1.29 is 9.53 Å². The number of thioether (sulfide) groups is 1. The lowest BCUT2D eigenvalue weighted by molar-refractivity contribution is -0.115. The van der Waals surface area contributed by atoms with Crippen LogP contribution in [0.15, 0.2) is 88.8 Å². The fourth-order valence-corrected chi connectivity index (χ4v) is 4.70. The van der Waals surface area contributed by atoms with Gasteiger partial charge in [-0.05, 0) is 36.2 Å². The van der Waals surface area contributed by atoms with Crippen LogP contribution in [0.3, 0.4) is 0 Å². The average Bonchev–Trinajstić information content (AvgIpc) is 2.85. The highest BCUT2D eigenvalue weighted by atomic mass is 32.2. The number of nitrogens with one attached hydrogen (secondary N) is 1. The number of anilines is 1. The van der Waals surface area contributed by atoms with E-state index >= 15 is 0 Å². The second-order valence-electron chi connectivity index (χ2n) is 7.50. The molecule has 1 N–H and O–H groups in total. The van der Waals surface area contributed by atoms with Crippen LogP contribution >= 0.6 is 11.8 Å². The van der Waals surface area contributed by atoms with Gasteiger partial charge in [-0.3, -0.25) is 14.2 Å². The Morgan fingerprint density at radius 1 is 1.06 bits per heavy atom. The molecule has 0 radical (unpaired) electrons. The monoisotopic (exact) mass is 459 g/mol. The van der Waals surface area contributed by atoms with E-state index in [9.17, 15) is 9.59 Å². The molecule has 3 aromatic carbocycles. The lowest BCUT2D eigenvalue weighted by Crippen LogP contribution is -2.25. The molecule has 0 bridgehead atoms. The summed E-state index contributed by atoms with van der Waals surface area (Å²) in [5.74, 6) is 0.453. The van der Waals surface area contributed by atoms with E-state index in [-0.39, 0.29) is 11.5 Å². The van der Waals surface area contributed by atoms with E-state index in [0.717, 1.165) is 12.0 Å². The van der Waals surface area contributed by atoms with Crippen LogP contribution in [0.2, 0.25) is 0 Å². The van der Waals surface area contributed by atoms with E-state index < -0.39 is 5.25 Å². The van der Waals surface area contributed by atoms with Crippen molar-refractivity contribution in [2.24, 2.45) is 0 Å². The topological polar surface area (TPSA) is 73.2 Å². The summed E-state index contributed by atoms with van der Waals surface area (Å²) in [4.78, 5) is 31.4. The predicted octanol–water partition coefficient (Wildman–Crippen LogP) is 5.29. The fraction of sp³-hybridized carbons (Fsp3) is 0.192. The zero-order valence-electron chi connectivity index (χ0n) is 18.5. The second kappa shape index (κ2) is 10.4. The first-order valence-corrected chi connectivity index (χ1v) is 11.6. The number of fused-ring (bicyclic) bond motifs is 1. The van der Waals surface area contributed by atoms with E-state index in [1.807, 2.05) is 73.7 Å². The highest BCUT2D eigenvalue weighted by molar-refractivity contribution is 8.00. The first kappa shape index (κ1) is 22.6. The van der Waals surface area contributed by atoms with E-state index in [0.29, 0.717) is 34.0 Å². The van der Waals surface area contributed by atoms with Crippen LogP contribution in [-0.2, 0) is 11.3 Å². The normalized spacial score (nSPS) is 11.8. The number of benzene rings is 3. The molecule has 0 aliphatic rings. The maximum absolute atomic E-state index is 13.4. The van der Waals surface area contributed by atoms with Gasteiger partial charge in [-0.25, -0.2) is 4.98 Å². The molecule has 6 nitrogen and oxygen atoms in total. The van der Waals surface area contributed by atoms with E-state index in [1.54, 1.807) is 23.8 Å². The lowest BCUT2D eigenvalue weighted by atomic mass is 10.1. The molecule has 0 saturated carbocycles. The Bertz CT molecular complexity index is 1320. The molecule has 1 atom stereocenters. The molecule has 1 heterocycles. The number of para-hydroxylation sites is 1. The van der Waals surface area contributed by atoms with Crippen molar-refractivity contribution in [3.8, 4) is 5.75 Å². The second-order valence-corrected chi connectivity index (χ2v) is 8.57. The summed E-state index contributed by atoms with van der Waals surface area (Å²) >= 11 is 1.28. The maximum Gasteiger partial charge on any atom is 0.262 e. The molecule has 4 rings (SSSR count). The predicted molar refractivity (Wildman–Crippen MR) is 133 cm³/mol. The average molecular weight is 460 g/mol. The van der Waals surface area contributed by atoms with Crippen molar-refractivity contribution in [2.75, 3.05) is 12.4 Å². The molecular formula is C26H25N3O3S. The van der Waals surface area contributed by atoms with Gasteiger partial charge in [0.15, 0.2) is 5.16 Å². The maximum atomic E-state index is 13.4. The van der Waals surface area contributed by atoms with Crippen molar-refractivity contribution in [3.05, 3.63) is 94.8 Å². The van der Waals surface area contributed by atoms with Crippen LogP contribution in [0, 0.1) is 0 Å². The van der Waals surface area contributed by atoms with Gasteiger partial charge >= 0.3 is 0 Å². The Labute approximate surface area is 196 Å². The zero-order valence-corrected chi connectivity index (χ0v) is 19.3. The smallest absolute Gasteiger partial charge is 0.262 e. The number of rotatable bonds is 8. The number of amides is 1. The van der Waals surface area contributed by atoms with Crippen molar-refractivity contribution in [1.29, 1.82) is 0 Å². The number of aromatic nitrogens is 2.